The number of carbonyl (C=O) groups is 3. The number of hydrogen-bond acceptors (Lipinski definition) is 6. The van der Waals surface area contributed by atoms with Crippen LogP contribution < -0.4 is 0 Å². The molecule has 0 N–H and O–H groups in total. The van der Waals surface area contributed by atoms with Crippen LogP contribution >= 0.6 is 0 Å². The van der Waals surface area contributed by atoms with Crippen LogP contribution in [0.15, 0.2) is 72.9 Å². The van der Waals surface area contributed by atoms with Gasteiger partial charge in [0.2, 0.25) is 0 Å². The molecule has 0 heterocycles. The van der Waals surface area contributed by atoms with E-state index in [4.69, 9.17) is 14.2 Å². The van der Waals surface area contributed by atoms with Crippen molar-refractivity contribution in [2.45, 2.75) is 303 Å². The molecule has 0 spiro atoms. The van der Waals surface area contributed by atoms with Crippen molar-refractivity contribution in [3.63, 3.8) is 0 Å². The smallest absolute Gasteiger partial charge is 0.306 e. The highest BCUT2D eigenvalue weighted by Gasteiger charge is 2.19. The largest absolute Gasteiger partial charge is 0.462 e. The van der Waals surface area contributed by atoms with Crippen LogP contribution in [0, 0.1) is 0 Å². The molecule has 0 aromatic heterocycles. The second-order valence-electron chi connectivity index (χ2n) is 19.9. The van der Waals surface area contributed by atoms with E-state index in [2.05, 4.69) is 93.7 Å². The van der Waals surface area contributed by atoms with Crippen LogP contribution in [0.1, 0.15) is 297 Å². The molecule has 404 valence electrons. The summed E-state index contributed by atoms with van der Waals surface area (Å²) >= 11 is 0. The Labute approximate surface area is 433 Å². The molecule has 0 aliphatic rings. The van der Waals surface area contributed by atoms with Gasteiger partial charge in [-0.25, -0.2) is 0 Å². The van der Waals surface area contributed by atoms with Crippen LogP contribution in [0.2, 0.25) is 0 Å². The minimum atomic E-state index is -0.793. The second kappa shape index (κ2) is 58.4. The Hall–Kier alpha value is -3.15. The van der Waals surface area contributed by atoms with Crippen LogP contribution in [0.5, 0.6) is 0 Å². The molecular formula is C64H112O6. The maximum absolute atomic E-state index is 12.9. The summed E-state index contributed by atoms with van der Waals surface area (Å²) in [5.41, 5.74) is 0. The Balaban J connectivity index is 4.42. The normalized spacial score (nSPS) is 12.6. The first-order valence-corrected chi connectivity index (χ1v) is 29.9. The average molecular weight is 978 g/mol. The highest BCUT2D eigenvalue weighted by atomic mass is 16.6. The first-order chi connectivity index (χ1) is 34.5. The summed E-state index contributed by atoms with van der Waals surface area (Å²) < 4.78 is 16.9. The quantitative estimate of drug-likeness (QED) is 0.0261. The maximum Gasteiger partial charge on any atom is 0.306 e. The van der Waals surface area contributed by atoms with Crippen molar-refractivity contribution >= 4 is 17.9 Å². The molecule has 0 amide bonds. The molecule has 6 heteroatoms. The number of allylic oxidation sites excluding steroid dienone is 12. The third-order valence-electron chi connectivity index (χ3n) is 12.9. The SMILES string of the molecule is CCCC/C=C/C/C=C/CCCCCCCC(=O)OC[C@H](COC(=O)CCCCC/C=C/C/C=C/C/C=C/C/C=C/CCCCC)OC(=O)CCCCCCCCCCCCCCCCCCCCC. The zero-order valence-corrected chi connectivity index (χ0v) is 46.3. The third kappa shape index (κ3) is 55.8. The van der Waals surface area contributed by atoms with Gasteiger partial charge in [-0.05, 0) is 89.9 Å². The first kappa shape index (κ1) is 66.9. The minimum absolute atomic E-state index is 0.0910. The summed E-state index contributed by atoms with van der Waals surface area (Å²) in [5.74, 6) is -0.923. The van der Waals surface area contributed by atoms with Crippen molar-refractivity contribution in [2.75, 3.05) is 13.2 Å². The van der Waals surface area contributed by atoms with E-state index in [-0.39, 0.29) is 31.1 Å². The number of unbranched alkanes of at least 4 members (excludes halogenated alkanes) is 31. The number of rotatable bonds is 54. The Kier molecular flexibility index (Phi) is 55.8. The van der Waals surface area contributed by atoms with E-state index in [0.717, 1.165) is 109 Å². The second-order valence-corrected chi connectivity index (χ2v) is 19.9. The van der Waals surface area contributed by atoms with E-state index in [9.17, 15) is 14.4 Å². The predicted molar refractivity (Wildman–Crippen MR) is 302 cm³/mol. The summed E-state index contributed by atoms with van der Waals surface area (Å²) in [6.07, 6.45) is 74.6. The van der Waals surface area contributed by atoms with E-state index < -0.39 is 6.10 Å². The average Bonchev–Trinajstić information content (AvgIpc) is 3.36. The van der Waals surface area contributed by atoms with Crippen LogP contribution in [-0.2, 0) is 28.6 Å². The fourth-order valence-corrected chi connectivity index (χ4v) is 8.38. The number of esters is 3. The van der Waals surface area contributed by atoms with Gasteiger partial charge in [-0.2, -0.15) is 0 Å². The fourth-order valence-electron chi connectivity index (χ4n) is 8.38. The molecule has 0 saturated carbocycles. The van der Waals surface area contributed by atoms with Gasteiger partial charge in [0.1, 0.15) is 13.2 Å². The Bertz CT molecular complexity index is 1310. The maximum atomic E-state index is 12.9. The van der Waals surface area contributed by atoms with Gasteiger partial charge in [0.25, 0.3) is 0 Å². The molecule has 0 fully saturated rings. The highest BCUT2D eigenvalue weighted by molar-refractivity contribution is 5.71. The van der Waals surface area contributed by atoms with Crippen molar-refractivity contribution in [3.8, 4) is 0 Å². The zero-order chi connectivity index (χ0) is 50.7. The fraction of sp³-hybridized carbons (Fsp3) is 0.766. The summed E-state index contributed by atoms with van der Waals surface area (Å²) in [5, 5.41) is 0. The van der Waals surface area contributed by atoms with Gasteiger partial charge >= 0.3 is 17.9 Å². The molecule has 6 nitrogen and oxygen atoms in total. The van der Waals surface area contributed by atoms with E-state index in [1.165, 1.54) is 148 Å². The van der Waals surface area contributed by atoms with E-state index >= 15 is 0 Å². The lowest BCUT2D eigenvalue weighted by atomic mass is 10.0. The molecule has 0 aliphatic carbocycles. The van der Waals surface area contributed by atoms with Crippen LogP contribution in [-0.4, -0.2) is 37.2 Å². The van der Waals surface area contributed by atoms with Gasteiger partial charge in [0.05, 0.1) is 0 Å². The Morgan fingerprint density at radius 1 is 0.286 bits per heavy atom. The van der Waals surface area contributed by atoms with Gasteiger partial charge < -0.3 is 14.2 Å². The van der Waals surface area contributed by atoms with Crippen molar-refractivity contribution in [1.82, 2.24) is 0 Å². The van der Waals surface area contributed by atoms with Crippen LogP contribution in [0.3, 0.4) is 0 Å². The molecule has 0 aromatic rings. The standard InChI is InChI=1S/C64H112O6/c1-4-7-10-13-16-19-22-25-28-30-32-34-36-39-42-45-48-51-54-57-63(66)69-60-61(59-68-62(65)56-53-50-47-44-41-38-27-24-21-18-15-12-9-6-3)70-64(67)58-55-52-49-46-43-40-37-35-33-31-29-26-23-20-17-14-11-8-5-2/h15-16,18-19,24-25,27-28,32,34,39,42,61H,4-14,17,20-23,26,29-31,33,35-38,40-41,43-60H2,1-3H3/b18-15+,19-16+,27-24+,28-25+,34-32+,42-39+/t61-/m1/s1. The summed E-state index contributed by atoms with van der Waals surface area (Å²) in [7, 11) is 0. The molecule has 0 aliphatic heterocycles. The summed E-state index contributed by atoms with van der Waals surface area (Å²) in [4.78, 5) is 38.2. The summed E-state index contributed by atoms with van der Waals surface area (Å²) in [6, 6.07) is 0. The van der Waals surface area contributed by atoms with Gasteiger partial charge in [-0.3, -0.25) is 14.4 Å². The lowest BCUT2D eigenvalue weighted by Gasteiger charge is -2.18. The van der Waals surface area contributed by atoms with Gasteiger partial charge in [0.15, 0.2) is 6.10 Å². The van der Waals surface area contributed by atoms with Crippen molar-refractivity contribution in [3.05, 3.63) is 72.9 Å². The lowest BCUT2D eigenvalue weighted by Crippen LogP contribution is -2.30. The first-order valence-electron chi connectivity index (χ1n) is 29.9. The Morgan fingerprint density at radius 2 is 0.529 bits per heavy atom. The third-order valence-corrected chi connectivity index (χ3v) is 12.9. The van der Waals surface area contributed by atoms with Crippen molar-refractivity contribution < 1.29 is 28.6 Å². The molecule has 0 saturated heterocycles. The molecule has 0 rings (SSSR count). The lowest BCUT2D eigenvalue weighted by molar-refractivity contribution is -0.167. The van der Waals surface area contributed by atoms with Gasteiger partial charge in [0, 0.05) is 19.3 Å². The van der Waals surface area contributed by atoms with E-state index in [1.807, 2.05) is 0 Å². The molecule has 0 aromatic carbocycles. The van der Waals surface area contributed by atoms with E-state index in [1.54, 1.807) is 0 Å². The molecule has 0 unspecified atom stereocenters. The monoisotopic (exact) mass is 977 g/mol. The Morgan fingerprint density at radius 3 is 0.886 bits per heavy atom. The van der Waals surface area contributed by atoms with Crippen LogP contribution in [0.4, 0.5) is 0 Å². The van der Waals surface area contributed by atoms with Crippen LogP contribution in [0.25, 0.3) is 0 Å². The molecular weight excluding hydrogens is 865 g/mol. The number of hydrogen-bond donors (Lipinski definition) is 0. The molecule has 1 atom stereocenters. The van der Waals surface area contributed by atoms with E-state index in [0.29, 0.717) is 19.3 Å². The number of ether oxygens (including phenoxy) is 3. The van der Waals surface area contributed by atoms with Crippen molar-refractivity contribution in [1.29, 1.82) is 0 Å². The zero-order valence-electron chi connectivity index (χ0n) is 46.3. The highest BCUT2D eigenvalue weighted by Crippen LogP contribution is 2.16. The number of carbonyl (C=O) groups excluding carboxylic acids is 3. The molecule has 70 heavy (non-hydrogen) atoms. The van der Waals surface area contributed by atoms with Gasteiger partial charge in [-0.1, -0.05) is 261 Å². The summed E-state index contributed by atoms with van der Waals surface area (Å²) in [6.45, 7) is 6.56. The molecule has 0 bridgehead atoms. The van der Waals surface area contributed by atoms with Crippen molar-refractivity contribution in [2.24, 2.45) is 0 Å². The molecule has 0 radical (unpaired) electrons. The minimum Gasteiger partial charge on any atom is -0.462 e. The predicted octanol–water partition coefficient (Wildman–Crippen LogP) is 20.2. The van der Waals surface area contributed by atoms with Gasteiger partial charge in [-0.15, -0.1) is 0 Å². The topological polar surface area (TPSA) is 78.9 Å².